The number of aromatic nitrogens is 1. The summed E-state index contributed by atoms with van der Waals surface area (Å²) in [5.41, 5.74) is 7.18. The maximum absolute atomic E-state index is 14.1. The number of benzene rings is 2. The Kier molecular flexibility index (Phi) is 9.27. The monoisotopic (exact) mass is 651 g/mol. The van der Waals surface area contributed by atoms with Crippen LogP contribution in [-0.2, 0) is 17.5 Å². The molecule has 4 aromatic rings. The molecule has 5 rings (SSSR count). The lowest BCUT2D eigenvalue weighted by Gasteiger charge is -2.31. The third-order valence-corrected chi connectivity index (χ3v) is 7.70. The van der Waals surface area contributed by atoms with Crippen molar-refractivity contribution < 1.29 is 36.0 Å². The molecule has 0 atom stereocenters. The number of carbonyl (C=O) groups excluding carboxylic acids is 2. The molecule has 1 aliphatic rings. The van der Waals surface area contributed by atoms with Gasteiger partial charge in [-0.05, 0) is 72.8 Å². The molecule has 13 heteroatoms. The quantitative estimate of drug-likeness (QED) is 0.121. The van der Waals surface area contributed by atoms with E-state index in [0.717, 1.165) is 22.8 Å². The zero-order valence-electron chi connectivity index (χ0n) is 25.2. The van der Waals surface area contributed by atoms with Crippen LogP contribution in [0.25, 0.3) is 34.4 Å². The van der Waals surface area contributed by atoms with Crippen molar-refractivity contribution in [3.8, 4) is 11.3 Å². The van der Waals surface area contributed by atoms with Gasteiger partial charge in [0.05, 0.1) is 23.4 Å². The molecule has 0 saturated carbocycles. The van der Waals surface area contributed by atoms with Gasteiger partial charge in [-0.1, -0.05) is 18.2 Å². The number of hydrogen-bond donors (Lipinski definition) is 2. The van der Waals surface area contributed by atoms with E-state index < -0.39 is 47.9 Å². The van der Waals surface area contributed by atoms with Crippen molar-refractivity contribution in [1.29, 1.82) is 0 Å². The average Bonchev–Trinajstić information content (AvgIpc) is 3.45. The zero-order chi connectivity index (χ0) is 33.9. The molecule has 0 radical (unpaired) electrons. The SMILES string of the molecule is C=N/C(N)=C\c1ccc(/C=C/C(=O)NCc2cc3cc(-c4ccc(C(=O)N5CCC(F)(F)CC5)cn4)cc(C(F)(F)F)c3o2)cc1C. The predicted octanol–water partition coefficient (Wildman–Crippen LogP) is 6.98. The lowest BCUT2D eigenvalue weighted by molar-refractivity contribution is -0.136. The number of halogens is 5. The number of fused-ring (bicyclic) bond motifs is 1. The fraction of sp³-hybridized carbons (Fsp3) is 0.235. The van der Waals surface area contributed by atoms with E-state index in [0.29, 0.717) is 0 Å². The Labute approximate surface area is 266 Å². The van der Waals surface area contributed by atoms with Crippen LogP contribution in [0, 0.1) is 6.92 Å². The Morgan fingerprint density at radius 2 is 1.87 bits per heavy atom. The molecule has 2 aromatic carbocycles. The van der Waals surface area contributed by atoms with E-state index in [1.54, 1.807) is 18.2 Å². The molecule has 47 heavy (non-hydrogen) atoms. The molecular formula is C34H30F5N5O3. The summed E-state index contributed by atoms with van der Waals surface area (Å²) < 4.78 is 74.7. The van der Waals surface area contributed by atoms with Gasteiger partial charge in [0.15, 0.2) is 0 Å². The van der Waals surface area contributed by atoms with Gasteiger partial charge in [0.1, 0.15) is 17.2 Å². The van der Waals surface area contributed by atoms with Gasteiger partial charge < -0.3 is 20.4 Å². The molecule has 0 aliphatic carbocycles. The standard InChI is InChI=1S/C34H30F5N5O3/c1-20-13-21(3-5-22(20)17-29(40)41-2)4-8-30(45)43-19-26-15-25-14-24(16-27(31(25)47-26)34(37,38)39)28-7-6-23(18-42-28)32(46)44-11-9-33(35,36)10-12-44/h3-8,13-18H,2,9-12,19,40H2,1H3,(H,43,45)/b8-4+,29-17-. The van der Waals surface area contributed by atoms with Gasteiger partial charge in [-0.15, -0.1) is 0 Å². The van der Waals surface area contributed by atoms with E-state index in [-0.39, 0.29) is 53.4 Å². The second kappa shape index (κ2) is 13.2. The van der Waals surface area contributed by atoms with Crippen molar-refractivity contribution in [3.63, 3.8) is 0 Å². The maximum Gasteiger partial charge on any atom is 0.420 e. The van der Waals surface area contributed by atoms with Gasteiger partial charge in [-0.25, -0.2) is 13.8 Å². The van der Waals surface area contributed by atoms with Crippen LogP contribution in [-0.4, -0.2) is 47.4 Å². The van der Waals surface area contributed by atoms with E-state index in [9.17, 15) is 31.5 Å². The molecule has 1 aliphatic heterocycles. The van der Waals surface area contributed by atoms with Crippen LogP contribution >= 0.6 is 0 Å². The molecule has 8 nitrogen and oxygen atoms in total. The average molecular weight is 652 g/mol. The number of rotatable bonds is 8. The fourth-order valence-corrected chi connectivity index (χ4v) is 5.14. The minimum Gasteiger partial charge on any atom is -0.459 e. The molecule has 0 unspecified atom stereocenters. The summed E-state index contributed by atoms with van der Waals surface area (Å²) in [6, 6.07) is 12.0. The minimum atomic E-state index is -4.76. The van der Waals surface area contributed by atoms with Crippen LogP contribution in [0.4, 0.5) is 22.0 Å². The minimum absolute atomic E-state index is 0.102. The topological polar surface area (TPSA) is 114 Å². The number of aliphatic imine (C=N–C) groups is 1. The summed E-state index contributed by atoms with van der Waals surface area (Å²) in [4.78, 5) is 34.4. The molecule has 3 N–H and O–H groups in total. The van der Waals surface area contributed by atoms with Crippen molar-refractivity contribution in [2.75, 3.05) is 13.1 Å². The number of pyridine rings is 1. The number of hydrogen-bond acceptors (Lipinski definition) is 6. The largest absolute Gasteiger partial charge is 0.459 e. The first-order chi connectivity index (χ1) is 22.2. The number of aryl methyl sites for hydroxylation is 1. The fourth-order valence-electron chi connectivity index (χ4n) is 5.14. The number of alkyl halides is 5. The van der Waals surface area contributed by atoms with E-state index in [4.69, 9.17) is 10.2 Å². The van der Waals surface area contributed by atoms with Gasteiger partial charge in [0, 0.05) is 49.2 Å². The Morgan fingerprint density at radius 3 is 2.51 bits per heavy atom. The molecule has 3 heterocycles. The van der Waals surface area contributed by atoms with Crippen molar-refractivity contribution in [1.82, 2.24) is 15.2 Å². The number of nitrogens with two attached hydrogens (primary N) is 1. The Hall–Kier alpha value is -5.33. The smallest absolute Gasteiger partial charge is 0.420 e. The molecule has 0 bridgehead atoms. The number of piperidine rings is 1. The summed E-state index contributed by atoms with van der Waals surface area (Å²) in [6.07, 6.45) is 0.143. The number of carbonyl (C=O) groups is 2. The highest BCUT2D eigenvalue weighted by molar-refractivity contribution is 5.95. The molecule has 1 saturated heterocycles. The van der Waals surface area contributed by atoms with Crippen LogP contribution in [0.2, 0.25) is 0 Å². The lowest BCUT2D eigenvalue weighted by atomic mass is 10.0. The molecular weight excluding hydrogens is 621 g/mol. The Morgan fingerprint density at radius 1 is 1.13 bits per heavy atom. The van der Waals surface area contributed by atoms with Crippen LogP contribution in [0.1, 0.15) is 51.2 Å². The van der Waals surface area contributed by atoms with Crippen LogP contribution in [0.5, 0.6) is 0 Å². The van der Waals surface area contributed by atoms with E-state index >= 15 is 0 Å². The van der Waals surface area contributed by atoms with Crippen molar-refractivity contribution in [2.24, 2.45) is 10.7 Å². The van der Waals surface area contributed by atoms with E-state index in [1.165, 1.54) is 41.4 Å². The summed E-state index contributed by atoms with van der Waals surface area (Å²) in [5.74, 6) is -3.40. The summed E-state index contributed by atoms with van der Waals surface area (Å²) in [7, 11) is 0. The lowest BCUT2D eigenvalue weighted by Crippen LogP contribution is -2.42. The second-order valence-electron chi connectivity index (χ2n) is 11.1. The Bertz CT molecular complexity index is 1880. The van der Waals surface area contributed by atoms with Crippen LogP contribution in [0.3, 0.4) is 0 Å². The van der Waals surface area contributed by atoms with E-state index in [1.807, 2.05) is 19.1 Å². The zero-order valence-corrected chi connectivity index (χ0v) is 25.2. The van der Waals surface area contributed by atoms with Gasteiger partial charge in [0.2, 0.25) is 5.91 Å². The van der Waals surface area contributed by atoms with E-state index in [2.05, 4.69) is 22.0 Å². The molecule has 2 amide bonds. The second-order valence-corrected chi connectivity index (χ2v) is 11.1. The van der Waals surface area contributed by atoms with Crippen LogP contribution < -0.4 is 11.1 Å². The summed E-state index contributed by atoms with van der Waals surface area (Å²) in [5, 5.41) is 2.75. The van der Waals surface area contributed by atoms with Gasteiger partial charge in [-0.2, -0.15) is 13.2 Å². The molecule has 2 aromatic heterocycles. The first kappa shape index (κ1) is 33.0. The van der Waals surface area contributed by atoms with Gasteiger partial charge >= 0.3 is 6.18 Å². The highest BCUT2D eigenvalue weighted by Gasteiger charge is 2.37. The molecule has 0 spiro atoms. The first-order valence-corrected chi connectivity index (χ1v) is 14.5. The summed E-state index contributed by atoms with van der Waals surface area (Å²) >= 11 is 0. The highest BCUT2D eigenvalue weighted by Crippen LogP contribution is 2.39. The Balaban J connectivity index is 1.30. The van der Waals surface area contributed by atoms with Crippen molar-refractivity contribution >= 4 is 41.7 Å². The number of nitrogens with one attached hydrogen (secondary N) is 1. The molecule has 1 fully saturated rings. The van der Waals surface area contributed by atoms with Crippen molar-refractivity contribution in [2.45, 2.75) is 38.4 Å². The van der Waals surface area contributed by atoms with Gasteiger partial charge in [-0.3, -0.25) is 14.6 Å². The van der Waals surface area contributed by atoms with Crippen LogP contribution in [0.15, 0.2) is 76.0 Å². The number of amides is 2. The third-order valence-electron chi connectivity index (χ3n) is 7.70. The third kappa shape index (κ3) is 7.91. The highest BCUT2D eigenvalue weighted by atomic mass is 19.4. The first-order valence-electron chi connectivity index (χ1n) is 14.5. The number of likely N-dealkylation sites (tertiary alicyclic amines) is 1. The van der Waals surface area contributed by atoms with Crippen molar-refractivity contribution in [3.05, 3.63) is 100 Å². The molecule has 244 valence electrons. The summed E-state index contributed by atoms with van der Waals surface area (Å²) in [6.45, 7) is 4.88. The predicted molar refractivity (Wildman–Crippen MR) is 168 cm³/mol. The van der Waals surface area contributed by atoms with Gasteiger partial charge in [0.25, 0.3) is 11.8 Å². The maximum atomic E-state index is 14.1. The number of nitrogens with zero attached hydrogens (tertiary/aromatic N) is 3. The number of furan rings is 1. The normalized spacial score (nSPS) is 15.3.